The predicted octanol–water partition coefficient (Wildman–Crippen LogP) is 3.58. The van der Waals surface area contributed by atoms with Gasteiger partial charge in [-0.05, 0) is 30.0 Å². The zero-order valence-corrected chi connectivity index (χ0v) is 13.3. The van der Waals surface area contributed by atoms with Gasteiger partial charge in [0.2, 0.25) is 0 Å². The lowest BCUT2D eigenvalue weighted by atomic mass is 9.85. The molecule has 1 saturated heterocycles. The van der Waals surface area contributed by atoms with Crippen molar-refractivity contribution in [3.63, 3.8) is 0 Å². The van der Waals surface area contributed by atoms with Gasteiger partial charge in [0, 0.05) is 35.8 Å². The Labute approximate surface area is 119 Å². The first-order chi connectivity index (χ1) is 8.39. The molecule has 0 aliphatic carbocycles. The molecule has 1 aliphatic rings. The van der Waals surface area contributed by atoms with Gasteiger partial charge in [0.05, 0.1) is 0 Å². The van der Waals surface area contributed by atoms with Gasteiger partial charge in [0.15, 0.2) is 0 Å². The maximum absolute atomic E-state index is 3.64. The van der Waals surface area contributed by atoms with Crippen LogP contribution >= 0.6 is 15.9 Å². The predicted molar refractivity (Wildman–Crippen MR) is 82.3 cm³/mol. The van der Waals surface area contributed by atoms with Gasteiger partial charge >= 0.3 is 0 Å². The Bertz CT molecular complexity index is 423. The van der Waals surface area contributed by atoms with Crippen molar-refractivity contribution in [3.8, 4) is 0 Å². The SMILES string of the molecule is Cc1c(Br)cccc1N1CCNC(C(C)(C)C)C1. The highest BCUT2D eigenvalue weighted by molar-refractivity contribution is 9.10. The van der Waals surface area contributed by atoms with Crippen LogP contribution in [0.25, 0.3) is 0 Å². The van der Waals surface area contributed by atoms with Crippen molar-refractivity contribution >= 4 is 21.6 Å². The summed E-state index contributed by atoms with van der Waals surface area (Å²) in [5, 5.41) is 3.64. The van der Waals surface area contributed by atoms with Crippen LogP contribution in [0.5, 0.6) is 0 Å². The molecule has 18 heavy (non-hydrogen) atoms. The summed E-state index contributed by atoms with van der Waals surface area (Å²) < 4.78 is 1.20. The van der Waals surface area contributed by atoms with Crippen molar-refractivity contribution in [1.82, 2.24) is 5.32 Å². The third-order valence-corrected chi connectivity index (χ3v) is 4.66. The Kier molecular flexibility index (Phi) is 4.02. The van der Waals surface area contributed by atoms with Crippen LogP contribution in [0, 0.1) is 12.3 Å². The van der Waals surface area contributed by atoms with Crippen LogP contribution in [-0.4, -0.2) is 25.7 Å². The number of anilines is 1. The zero-order chi connectivity index (χ0) is 13.3. The maximum Gasteiger partial charge on any atom is 0.0408 e. The molecule has 2 rings (SSSR count). The lowest BCUT2D eigenvalue weighted by Gasteiger charge is -2.42. The van der Waals surface area contributed by atoms with E-state index in [4.69, 9.17) is 0 Å². The Balaban J connectivity index is 2.21. The molecule has 1 atom stereocenters. The molecule has 1 aliphatic heterocycles. The van der Waals surface area contributed by atoms with Crippen molar-refractivity contribution in [2.24, 2.45) is 5.41 Å². The topological polar surface area (TPSA) is 15.3 Å². The van der Waals surface area contributed by atoms with Crippen molar-refractivity contribution in [1.29, 1.82) is 0 Å². The third-order valence-electron chi connectivity index (χ3n) is 3.80. The van der Waals surface area contributed by atoms with E-state index in [-0.39, 0.29) is 0 Å². The summed E-state index contributed by atoms with van der Waals surface area (Å²) in [6, 6.07) is 7.01. The molecule has 3 heteroatoms. The highest BCUT2D eigenvalue weighted by Gasteiger charge is 2.29. The minimum Gasteiger partial charge on any atom is -0.368 e. The fourth-order valence-corrected chi connectivity index (χ4v) is 2.84. The van der Waals surface area contributed by atoms with Crippen molar-refractivity contribution in [2.75, 3.05) is 24.5 Å². The van der Waals surface area contributed by atoms with Crippen molar-refractivity contribution in [2.45, 2.75) is 33.7 Å². The van der Waals surface area contributed by atoms with Gasteiger partial charge in [0.1, 0.15) is 0 Å². The first kappa shape index (κ1) is 13.9. The first-order valence-electron chi connectivity index (χ1n) is 6.63. The minimum absolute atomic E-state index is 0.304. The number of hydrogen-bond acceptors (Lipinski definition) is 2. The van der Waals surface area contributed by atoms with Crippen LogP contribution in [0.1, 0.15) is 26.3 Å². The molecule has 0 aromatic heterocycles. The summed E-state index contributed by atoms with van der Waals surface area (Å²) in [7, 11) is 0. The molecule has 2 nitrogen and oxygen atoms in total. The Morgan fingerprint density at radius 1 is 1.33 bits per heavy atom. The van der Waals surface area contributed by atoms with Gasteiger partial charge < -0.3 is 10.2 Å². The van der Waals surface area contributed by atoms with Gasteiger partial charge in [-0.2, -0.15) is 0 Å². The number of benzene rings is 1. The van der Waals surface area contributed by atoms with Gasteiger partial charge in [-0.1, -0.05) is 42.8 Å². The van der Waals surface area contributed by atoms with E-state index in [1.165, 1.54) is 15.7 Å². The quantitative estimate of drug-likeness (QED) is 0.853. The first-order valence-corrected chi connectivity index (χ1v) is 7.42. The number of piperazine rings is 1. The standard InChI is InChI=1S/C15H23BrN2/c1-11-12(16)6-5-7-13(11)18-9-8-17-14(10-18)15(2,3)4/h5-7,14,17H,8-10H2,1-4H3. The normalized spacial score (nSPS) is 21.2. The maximum atomic E-state index is 3.64. The average Bonchev–Trinajstić information content (AvgIpc) is 2.32. The van der Waals surface area contributed by atoms with E-state index >= 15 is 0 Å². The van der Waals surface area contributed by atoms with E-state index in [1.54, 1.807) is 0 Å². The minimum atomic E-state index is 0.304. The van der Waals surface area contributed by atoms with E-state index in [9.17, 15) is 0 Å². The van der Waals surface area contributed by atoms with Crippen LogP contribution in [-0.2, 0) is 0 Å². The van der Waals surface area contributed by atoms with Crippen LogP contribution in [0.4, 0.5) is 5.69 Å². The average molecular weight is 311 g/mol. The summed E-state index contributed by atoms with van der Waals surface area (Å²) >= 11 is 3.62. The molecule has 1 fully saturated rings. The van der Waals surface area contributed by atoms with E-state index in [1.807, 2.05) is 0 Å². The van der Waals surface area contributed by atoms with E-state index < -0.39 is 0 Å². The molecule has 1 heterocycles. The highest BCUT2D eigenvalue weighted by Crippen LogP contribution is 2.30. The van der Waals surface area contributed by atoms with E-state index in [0.29, 0.717) is 11.5 Å². The van der Waals surface area contributed by atoms with Gasteiger partial charge in [-0.15, -0.1) is 0 Å². The summed E-state index contributed by atoms with van der Waals surface area (Å²) in [6.07, 6.45) is 0. The molecule has 0 spiro atoms. The van der Waals surface area contributed by atoms with E-state index in [2.05, 4.69) is 72.0 Å². The van der Waals surface area contributed by atoms with Gasteiger partial charge in [-0.25, -0.2) is 0 Å². The smallest absolute Gasteiger partial charge is 0.0408 e. The Hall–Kier alpha value is -0.540. The fourth-order valence-electron chi connectivity index (χ4n) is 2.49. The Morgan fingerprint density at radius 2 is 2.06 bits per heavy atom. The Morgan fingerprint density at radius 3 is 2.72 bits per heavy atom. The summed E-state index contributed by atoms with van der Waals surface area (Å²) in [4.78, 5) is 2.51. The van der Waals surface area contributed by atoms with Gasteiger partial charge in [0.25, 0.3) is 0 Å². The van der Waals surface area contributed by atoms with Crippen LogP contribution in [0.2, 0.25) is 0 Å². The number of hydrogen-bond donors (Lipinski definition) is 1. The van der Waals surface area contributed by atoms with Gasteiger partial charge in [-0.3, -0.25) is 0 Å². The van der Waals surface area contributed by atoms with E-state index in [0.717, 1.165) is 19.6 Å². The largest absolute Gasteiger partial charge is 0.368 e. The van der Waals surface area contributed by atoms with Crippen LogP contribution < -0.4 is 10.2 Å². The lowest BCUT2D eigenvalue weighted by molar-refractivity contribution is 0.254. The fraction of sp³-hybridized carbons (Fsp3) is 0.600. The number of nitrogens with zero attached hydrogens (tertiary/aromatic N) is 1. The number of rotatable bonds is 1. The van der Waals surface area contributed by atoms with Crippen molar-refractivity contribution in [3.05, 3.63) is 28.2 Å². The molecular formula is C15H23BrN2. The number of halogens is 1. The molecule has 1 aromatic carbocycles. The van der Waals surface area contributed by atoms with Crippen LogP contribution in [0.3, 0.4) is 0 Å². The molecule has 0 amide bonds. The summed E-state index contributed by atoms with van der Waals surface area (Å²) in [6.45, 7) is 12.3. The molecule has 0 saturated carbocycles. The molecule has 1 aromatic rings. The summed E-state index contributed by atoms with van der Waals surface area (Å²) in [5.41, 5.74) is 3.01. The number of nitrogens with one attached hydrogen (secondary N) is 1. The molecule has 100 valence electrons. The van der Waals surface area contributed by atoms with Crippen LogP contribution in [0.15, 0.2) is 22.7 Å². The zero-order valence-electron chi connectivity index (χ0n) is 11.8. The molecule has 1 unspecified atom stereocenters. The second-order valence-corrected chi connectivity index (χ2v) is 7.06. The third kappa shape index (κ3) is 2.89. The van der Waals surface area contributed by atoms with Crippen molar-refractivity contribution < 1.29 is 0 Å². The monoisotopic (exact) mass is 310 g/mol. The summed E-state index contributed by atoms with van der Waals surface area (Å²) in [5.74, 6) is 0. The molecule has 1 N–H and O–H groups in total. The molecule has 0 radical (unpaired) electrons. The molecular weight excluding hydrogens is 288 g/mol. The molecule has 0 bridgehead atoms. The highest BCUT2D eigenvalue weighted by atomic mass is 79.9. The lowest BCUT2D eigenvalue weighted by Crippen LogP contribution is -2.56. The second kappa shape index (κ2) is 5.22. The second-order valence-electron chi connectivity index (χ2n) is 6.20.